The van der Waals surface area contributed by atoms with Crippen molar-refractivity contribution in [1.29, 1.82) is 0 Å². The van der Waals surface area contributed by atoms with Gasteiger partial charge in [-0.05, 0) is 6.04 Å². The van der Waals surface area contributed by atoms with Gasteiger partial charge in [0.2, 0.25) is 0 Å². The normalized spacial score (nSPS) is 11.7. The number of carboxylic acid groups (broad SMARTS) is 1. The van der Waals surface area contributed by atoms with Gasteiger partial charge in [-0.2, -0.15) is 0 Å². The third-order valence-electron chi connectivity index (χ3n) is 3.70. The van der Waals surface area contributed by atoms with E-state index in [-0.39, 0.29) is 0 Å². The molecule has 0 fully saturated rings. The van der Waals surface area contributed by atoms with Crippen LogP contribution < -0.4 is 5.11 Å². The first-order chi connectivity index (χ1) is 8.10. The van der Waals surface area contributed by atoms with Crippen molar-refractivity contribution in [1.82, 2.24) is 0 Å². The van der Waals surface area contributed by atoms with Crippen molar-refractivity contribution in [3.05, 3.63) is 0 Å². The minimum absolute atomic E-state index is 0.396. The predicted octanol–water partition coefficient (Wildman–Crippen LogP) is 3.59. The zero-order chi connectivity index (χ0) is 13.1. The van der Waals surface area contributed by atoms with Gasteiger partial charge < -0.3 is 9.90 Å². The number of hydrogen-bond donors (Lipinski definition) is 0. The molecule has 0 rings (SSSR count). The lowest BCUT2D eigenvalue weighted by molar-refractivity contribution is -0.302. The second-order valence-electron chi connectivity index (χ2n) is 5.36. The third kappa shape index (κ3) is 7.58. The van der Waals surface area contributed by atoms with Crippen molar-refractivity contribution >= 4 is 14.0 Å². The van der Waals surface area contributed by atoms with Crippen LogP contribution in [0.15, 0.2) is 0 Å². The standard InChI is InChI=1S/C14H30O2Si/c1-4-7-10-17(11-8-5-2,12-9-6-3)13-14(15)16/h4-13H2,1-3H3,(H,15,16)/p-1. The average Bonchev–Trinajstić information content (AvgIpc) is 2.30. The number of unbranched alkanes of at least 4 members (excludes halogenated alkanes) is 3. The van der Waals surface area contributed by atoms with Crippen LogP contribution in [0.4, 0.5) is 0 Å². The van der Waals surface area contributed by atoms with Gasteiger partial charge in [-0.15, -0.1) is 0 Å². The fourth-order valence-corrected chi connectivity index (χ4v) is 7.81. The first-order valence-electron chi connectivity index (χ1n) is 7.30. The molecule has 0 aromatic rings. The Hall–Kier alpha value is -0.313. The number of rotatable bonds is 11. The van der Waals surface area contributed by atoms with Crippen LogP contribution >= 0.6 is 0 Å². The summed E-state index contributed by atoms with van der Waals surface area (Å²) in [6, 6.07) is 3.97. The predicted molar refractivity (Wildman–Crippen MR) is 74.7 cm³/mol. The van der Waals surface area contributed by atoms with Crippen LogP contribution in [0.1, 0.15) is 59.3 Å². The van der Waals surface area contributed by atoms with E-state index in [4.69, 9.17) is 0 Å². The Bertz CT molecular complexity index is 183. The van der Waals surface area contributed by atoms with E-state index in [1.807, 2.05) is 0 Å². The van der Waals surface area contributed by atoms with Crippen molar-refractivity contribution in [3.63, 3.8) is 0 Å². The highest BCUT2D eigenvalue weighted by Gasteiger charge is 2.30. The smallest absolute Gasteiger partial charge is 0.0593 e. The van der Waals surface area contributed by atoms with E-state index in [0.29, 0.717) is 6.04 Å². The number of carbonyl (C=O) groups excluding carboxylic acids is 1. The maximum atomic E-state index is 11.0. The van der Waals surface area contributed by atoms with E-state index in [9.17, 15) is 9.90 Å². The van der Waals surface area contributed by atoms with Crippen molar-refractivity contribution < 1.29 is 9.90 Å². The van der Waals surface area contributed by atoms with Crippen LogP contribution in [0.5, 0.6) is 0 Å². The lowest BCUT2D eigenvalue weighted by Crippen LogP contribution is -2.40. The Morgan fingerprint density at radius 3 is 1.47 bits per heavy atom. The van der Waals surface area contributed by atoms with Gasteiger partial charge in [0.05, 0.1) is 8.07 Å². The van der Waals surface area contributed by atoms with E-state index >= 15 is 0 Å². The molecule has 0 amide bonds. The maximum Gasteiger partial charge on any atom is 0.0593 e. The molecule has 3 heteroatoms. The monoisotopic (exact) mass is 257 g/mol. The molecule has 0 saturated heterocycles. The molecule has 0 spiro atoms. The summed E-state index contributed by atoms with van der Waals surface area (Å²) in [4.78, 5) is 11.0. The van der Waals surface area contributed by atoms with Crippen molar-refractivity contribution in [2.45, 2.75) is 83.5 Å². The lowest BCUT2D eigenvalue weighted by Gasteiger charge is -2.32. The summed E-state index contributed by atoms with van der Waals surface area (Å²) >= 11 is 0. The number of carboxylic acids is 1. The minimum Gasteiger partial charge on any atom is -0.550 e. The summed E-state index contributed by atoms with van der Waals surface area (Å²) in [6.45, 7) is 6.58. The van der Waals surface area contributed by atoms with Crippen LogP contribution in [-0.4, -0.2) is 14.0 Å². The van der Waals surface area contributed by atoms with E-state index in [2.05, 4.69) is 20.8 Å². The van der Waals surface area contributed by atoms with Crippen LogP contribution in [0.2, 0.25) is 24.2 Å². The van der Waals surface area contributed by atoms with Gasteiger partial charge in [0.15, 0.2) is 0 Å². The van der Waals surface area contributed by atoms with Gasteiger partial charge in [-0.25, -0.2) is 0 Å². The quantitative estimate of drug-likeness (QED) is 0.531. The molecule has 0 bridgehead atoms. The molecule has 0 aromatic heterocycles. The van der Waals surface area contributed by atoms with Crippen LogP contribution in [0.25, 0.3) is 0 Å². The maximum absolute atomic E-state index is 11.0. The molecule has 0 aliphatic carbocycles. The first-order valence-corrected chi connectivity index (χ1v) is 10.1. The Morgan fingerprint density at radius 2 is 1.24 bits per heavy atom. The molecule has 0 aromatic carbocycles. The van der Waals surface area contributed by atoms with E-state index in [1.54, 1.807) is 0 Å². The number of carbonyl (C=O) groups is 1. The van der Waals surface area contributed by atoms with Crippen molar-refractivity contribution in [2.24, 2.45) is 0 Å². The Labute approximate surface area is 108 Å². The molecule has 0 atom stereocenters. The molecular formula is C14H29O2Si-. The van der Waals surface area contributed by atoms with Gasteiger partial charge in [-0.1, -0.05) is 77.4 Å². The topological polar surface area (TPSA) is 40.1 Å². The molecule has 0 aliphatic rings. The summed E-state index contributed by atoms with van der Waals surface area (Å²) in [5.74, 6) is -0.806. The SMILES string of the molecule is CCCC[Si](CCCC)(CCCC)CC(=O)[O-]. The molecule has 102 valence electrons. The lowest BCUT2D eigenvalue weighted by atomic mass is 10.4. The molecule has 0 saturated carbocycles. The Balaban J connectivity index is 4.56. The molecule has 2 nitrogen and oxygen atoms in total. The number of hydrogen-bond acceptors (Lipinski definition) is 2. The highest BCUT2D eigenvalue weighted by Crippen LogP contribution is 2.31. The summed E-state index contributed by atoms with van der Waals surface area (Å²) in [5.41, 5.74) is 0. The Kier molecular flexibility index (Phi) is 9.51. The highest BCUT2D eigenvalue weighted by molar-refractivity contribution is 6.82. The summed E-state index contributed by atoms with van der Waals surface area (Å²) < 4.78 is 0. The molecule has 0 aliphatic heterocycles. The van der Waals surface area contributed by atoms with Gasteiger partial charge in [0.25, 0.3) is 0 Å². The van der Waals surface area contributed by atoms with Crippen LogP contribution in [-0.2, 0) is 4.79 Å². The Morgan fingerprint density at radius 1 is 0.882 bits per heavy atom. The zero-order valence-corrected chi connectivity index (χ0v) is 12.9. The van der Waals surface area contributed by atoms with E-state index < -0.39 is 14.0 Å². The van der Waals surface area contributed by atoms with Crippen LogP contribution in [0, 0.1) is 0 Å². The zero-order valence-electron chi connectivity index (χ0n) is 11.9. The molecule has 0 heterocycles. The van der Waals surface area contributed by atoms with Gasteiger partial charge >= 0.3 is 0 Å². The number of aliphatic carboxylic acids is 1. The second kappa shape index (κ2) is 9.69. The van der Waals surface area contributed by atoms with E-state index in [1.165, 1.54) is 56.7 Å². The summed E-state index contributed by atoms with van der Waals surface area (Å²) in [6.07, 6.45) is 7.15. The van der Waals surface area contributed by atoms with Crippen molar-refractivity contribution in [2.75, 3.05) is 0 Å². The minimum atomic E-state index is -1.58. The van der Waals surface area contributed by atoms with Crippen molar-refractivity contribution in [3.8, 4) is 0 Å². The van der Waals surface area contributed by atoms with Gasteiger partial charge in [0, 0.05) is 5.97 Å². The fourth-order valence-electron chi connectivity index (χ4n) is 2.60. The molecule has 17 heavy (non-hydrogen) atoms. The average molecular weight is 257 g/mol. The molecule has 0 radical (unpaired) electrons. The van der Waals surface area contributed by atoms with Gasteiger partial charge in [0.1, 0.15) is 0 Å². The summed E-state index contributed by atoms with van der Waals surface area (Å²) in [5, 5.41) is 11.0. The van der Waals surface area contributed by atoms with Gasteiger partial charge in [-0.3, -0.25) is 0 Å². The molecule has 0 N–H and O–H groups in total. The first kappa shape index (κ1) is 16.7. The second-order valence-corrected chi connectivity index (χ2v) is 10.2. The molecule has 0 unspecified atom stereocenters. The summed E-state index contributed by atoms with van der Waals surface area (Å²) in [7, 11) is -1.58. The third-order valence-corrected chi connectivity index (χ3v) is 8.98. The van der Waals surface area contributed by atoms with Crippen LogP contribution in [0.3, 0.4) is 0 Å². The van der Waals surface area contributed by atoms with E-state index in [0.717, 1.165) is 0 Å². The molecular weight excluding hydrogens is 228 g/mol. The largest absolute Gasteiger partial charge is 0.550 e. The fraction of sp³-hybridized carbons (Fsp3) is 0.929. The highest BCUT2D eigenvalue weighted by atomic mass is 28.3.